The van der Waals surface area contributed by atoms with Crippen LogP contribution in [0.15, 0.2) is 48.8 Å². The maximum atomic E-state index is 13.2. The monoisotopic (exact) mass is 425 g/mol. The van der Waals surface area contributed by atoms with Crippen molar-refractivity contribution in [1.29, 1.82) is 0 Å². The molecule has 2 N–H and O–H groups in total. The first kappa shape index (κ1) is 22.6. The van der Waals surface area contributed by atoms with Crippen molar-refractivity contribution in [2.75, 3.05) is 6.54 Å². The summed E-state index contributed by atoms with van der Waals surface area (Å²) in [5.74, 6) is -0.224. The molecular weight excluding hydrogens is 400 g/mol. The summed E-state index contributed by atoms with van der Waals surface area (Å²) in [6.45, 7) is 1.87. The molecule has 0 radical (unpaired) electrons. The number of rotatable bonds is 5. The molecule has 0 amide bonds. The first-order valence-electron chi connectivity index (χ1n) is 9.33. The van der Waals surface area contributed by atoms with Crippen LogP contribution in [0.5, 0.6) is 0 Å². The van der Waals surface area contributed by atoms with E-state index in [0.29, 0.717) is 0 Å². The van der Waals surface area contributed by atoms with Gasteiger partial charge in [0.25, 0.3) is 0 Å². The number of halogens is 3. The van der Waals surface area contributed by atoms with Crippen LogP contribution in [-0.4, -0.2) is 33.3 Å². The number of aryl methyl sites for hydroxylation is 1. The molecule has 1 fully saturated rings. The summed E-state index contributed by atoms with van der Waals surface area (Å²) in [6.07, 6.45) is 5.54. The molecule has 0 aliphatic carbocycles. The van der Waals surface area contributed by atoms with E-state index in [1.54, 1.807) is 12.1 Å². The minimum absolute atomic E-state index is 0. The quantitative estimate of drug-likeness (QED) is 0.628. The van der Waals surface area contributed by atoms with E-state index >= 15 is 0 Å². The Kier molecular flexibility index (Phi) is 8.25. The highest BCUT2D eigenvalue weighted by Gasteiger charge is 2.21. The van der Waals surface area contributed by atoms with E-state index in [2.05, 4.69) is 20.9 Å². The Labute approximate surface area is 177 Å². The third-order valence-electron chi connectivity index (χ3n) is 5.26. The Bertz CT molecular complexity index is 885. The first-order chi connectivity index (χ1) is 12.7. The van der Waals surface area contributed by atoms with Gasteiger partial charge in [-0.3, -0.25) is 0 Å². The average molecular weight is 426 g/mol. The summed E-state index contributed by atoms with van der Waals surface area (Å²) in [5.41, 5.74) is 4.11. The molecule has 1 aliphatic heterocycles. The molecule has 0 saturated carbocycles. The normalized spacial score (nSPS) is 19.1. The topological polar surface area (TPSA) is 50.1 Å². The highest BCUT2D eigenvalue weighted by molar-refractivity contribution is 5.85. The van der Waals surface area contributed by atoms with Gasteiger partial charge in [-0.15, -0.1) is 24.8 Å². The zero-order chi connectivity index (χ0) is 17.9. The maximum Gasteiger partial charge on any atom is 0.123 e. The molecule has 2 heterocycles. The van der Waals surface area contributed by atoms with Crippen LogP contribution < -0.4 is 5.32 Å². The van der Waals surface area contributed by atoms with Gasteiger partial charge >= 0.3 is 0 Å². The third-order valence-corrected chi connectivity index (χ3v) is 5.26. The van der Waals surface area contributed by atoms with Crippen LogP contribution in [0, 0.1) is 5.82 Å². The highest BCUT2D eigenvalue weighted by Crippen LogP contribution is 2.25. The number of fused-ring (bicyclic) bond motifs is 1. The molecule has 0 bridgehead atoms. The van der Waals surface area contributed by atoms with E-state index in [4.69, 9.17) is 0 Å². The minimum Gasteiger partial charge on any atom is -0.392 e. The number of nitrogens with zero attached hydrogens (tertiary/aromatic N) is 2. The van der Waals surface area contributed by atoms with Crippen molar-refractivity contribution in [3.8, 4) is 11.1 Å². The molecule has 1 aromatic heterocycles. The second-order valence-electron chi connectivity index (χ2n) is 7.06. The van der Waals surface area contributed by atoms with Gasteiger partial charge in [0.05, 0.1) is 23.5 Å². The van der Waals surface area contributed by atoms with Crippen LogP contribution in [0.3, 0.4) is 0 Å². The van der Waals surface area contributed by atoms with E-state index in [0.717, 1.165) is 60.9 Å². The van der Waals surface area contributed by atoms with E-state index in [1.165, 1.54) is 12.1 Å². The molecule has 1 saturated heterocycles. The van der Waals surface area contributed by atoms with Gasteiger partial charge in [-0.05, 0) is 67.6 Å². The number of hydrogen-bond donors (Lipinski definition) is 2. The Morgan fingerprint density at radius 1 is 1.11 bits per heavy atom. The summed E-state index contributed by atoms with van der Waals surface area (Å²) < 4.78 is 15.3. The van der Waals surface area contributed by atoms with Gasteiger partial charge in [-0.2, -0.15) is 0 Å². The number of aromatic nitrogens is 2. The molecule has 3 aromatic rings. The van der Waals surface area contributed by atoms with Crippen molar-refractivity contribution in [3.05, 3.63) is 54.6 Å². The van der Waals surface area contributed by atoms with Crippen molar-refractivity contribution < 1.29 is 9.50 Å². The Morgan fingerprint density at radius 2 is 1.86 bits per heavy atom. The third kappa shape index (κ3) is 5.03. The molecular formula is C21H26Cl2FN3O. The number of hydrogen-bond acceptors (Lipinski definition) is 3. The van der Waals surface area contributed by atoms with E-state index in [-0.39, 0.29) is 42.8 Å². The van der Waals surface area contributed by atoms with Crippen LogP contribution in [0.1, 0.15) is 25.7 Å². The summed E-state index contributed by atoms with van der Waals surface area (Å²) in [4.78, 5) is 4.49. The lowest BCUT2D eigenvalue weighted by Gasteiger charge is -2.29. The molecule has 28 heavy (non-hydrogen) atoms. The molecule has 2 aromatic carbocycles. The van der Waals surface area contributed by atoms with E-state index in [1.807, 2.05) is 18.5 Å². The van der Waals surface area contributed by atoms with E-state index in [9.17, 15) is 9.50 Å². The largest absolute Gasteiger partial charge is 0.392 e. The first-order valence-corrected chi connectivity index (χ1v) is 9.33. The van der Waals surface area contributed by atoms with Gasteiger partial charge in [-0.1, -0.05) is 18.2 Å². The lowest BCUT2D eigenvalue weighted by atomic mass is 9.97. The smallest absolute Gasteiger partial charge is 0.123 e. The van der Waals surface area contributed by atoms with Crippen molar-refractivity contribution in [1.82, 2.24) is 14.9 Å². The Morgan fingerprint density at radius 3 is 2.61 bits per heavy atom. The van der Waals surface area contributed by atoms with Crippen molar-refractivity contribution in [2.24, 2.45) is 0 Å². The van der Waals surface area contributed by atoms with Gasteiger partial charge in [0, 0.05) is 12.6 Å². The van der Waals surface area contributed by atoms with Crippen molar-refractivity contribution in [2.45, 2.75) is 44.4 Å². The predicted molar refractivity (Wildman–Crippen MR) is 116 cm³/mol. The fraction of sp³-hybridized carbons (Fsp3) is 0.381. The molecule has 0 unspecified atom stereocenters. The zero-order valence-electron chi connectivity index (χ0n) is 15.6. The number of benzene rings is 2. The van der Waals surface area contributed by atoms with Gasteiger partial charge < -0.3 is 15.0 Å². The molecule has 2 atom stereocenters. The van der Waals surface area contributed by atoms with Crippen LogP contribution >= 0.6 is 24.8 Å². The van der Waals surface area contributed by atoms with Crippen LogP contribution in [-0.2, 0) is 6.54 Å². The lowest BCUT2D eigenvalue weighted by Crippen LogP contribution is -2.44. The molecule has 1 aliphatic rings. The Balaban J connectivity index is 0.00000140. The second kappa shape index (κ2) is 10.2. The molecule has 4 rings (SSSR count). The minimum atomic E-state index is -0.228. The van der Waals surface area contributed by atoms with Crippen molar-refractivity contribution >= 4 is 35.8 Å². The molecule has 0 spiro atoms. The SMILES string of the molecule is Cl.Cl.O[C@H]1CCCN[C@@H]1CCCn1cnc2ccc(-c3ccc(F)cc3)cc21. The van der Waals surface area contributed by atoms with Gasteiger partial charge in [0.1, 0.15) is 5.82 Å². The predicted octanol–water partition coefficient (Wildman–Crippen LogP) is 4.58. The fourth-order valence-electron chi connectivity index (χ4n) is 3.77. The van der Waals surface area contributed by atoms with Gasteiger partial charge in [0.2, 0.25) is 0 Å². The second-order valence-corrected chi connectivity index (χ2v) is 7.06. The number of aliphatic hydroxyl groups excluding tert-OH is 1. The lowest BCUT2D eigenvalue weighted by molar-refractivity contribution is 0.0909. The molecule has 152 valence electrons. The highest BCUT2D eigenvalue weighted by atomic mass is 35.5. The van der Waals surface area contributed by atoms with Crippen LogP contribution in [0.4, 0.5) is 4.39 Å². The number of nitrogens with one attached hydrogen (secondary N) is 1. The molecule has 4 nitrogen and oxygen atoms in total. The summed E-state index contributed by atoms with van der Waals surface area (Å²) >= 11 is 0. The summed E-state index contributed by atoms with van der Waals surface area (Å²) in [7, 11) is 0. The number of aliphatic hydroxyl groups is 1. The molecule has 7 heteroatoms. The van der Waals surface area contributed by atoms with Crippen LogP contribution in [0.2, 0.25) is 0 Å². The van der Waals surface area contributed by atoms with E-state index < -0.39 is 0 Å². The maximum absolute atomic E-state index is 13.2. The van der Waals surface area contributed by atoms with Crippen molar-refractivity contribution in [3.63, 3.8) is 0 Å². The standard InChI is InChI=1S/C21H24FN3O.2ClH/c22-17-8-5-15(6-9-17)16-7-10-18-20(13-16)25(14-24-18)12-2-3-19-21(26)4-1-11-23-19;;/h5-10,13-14,19,21,23,26H,1-4,11-12H2;2*1H/t19-,21+;;/m1../s1. The fourth-order valence-corrected chi connectivity index (χ4v) is 3.77. The summed E-state index contributed by atoms with van der Waals surface area (Å²) in [6, 6.07) is 12.9. The average Bonchev–Trinajstić information content (AvgIpc) is 3.06. The number of piperidine rings is 1. The Hall–Kier alpha value is -1.66. The number of imidazole rings is 1. The zero-order valence-corrected chi connectivity index (χ0v) is 17.2. The van der Waals surface area contributed by atoms with Gasteiger partial charge in [-0.25, -0.2) is 9.37 Å². The van der Waals surface area contributed by atoms with Crippen LogP contribution in [0.25, 0.3) is 22.2 Å². The summed E-state index contributed by atoms with van der Waals surface area (Å²) in [5, 5.41) is 13.5. The van der Waals surface area contributed by atoms with Gasteiger partial charge in [0.15, 0.2) is 0 Å².